The van der Waals surface area contributed by atoms with Gasteiger partial charge in [0.25, 0.3) is 0 Å². The molecule has 0 aliphatic rings. The van der Waals surface area contributed by atoms with Crippen molar-refractivity contribution < 1.29 is 9.59 Å². The second kappa shape index (κ2) is 5.11. The summed E-state index contributed by atoms with van der Waals surface area (Å²) in [6.45, 7) is 3.89. The number of anilines is 1. The Morgan fingerprint density at radius 2 is 1.69 bits per heavy atom. The van der Waals surface area contributed by atoms with E-state index in [0.717, 1.165) is 23.3 Å². The first kappa shape index (κ1) is 12.0. The number of hydrogen-bond acceptors (Lipinski definition) is 2. The van der Waals surface area contributed by atoms with Crippen LogP contribution in [0.1, 0.15) is 11.1 Å². The second-order valence-corrected chi connectivity index (χ2v) is 3.60. The molecule has 16 heavy (non-hydrogen) atoms. The van der Waals surface area contributed by atoms with Gasteiger partial charge in [0.1, 0.15) is 0 Å². The lowest BCUT2D eigenvalue weighted by Crippen LogP contribution is -2.11. The van der Waals surface area contributed by atoms with Crippen molar-refractivity contribution in [2.45, 2.75) is 13.8 Å². The molecule has 4 nitrogen and oxygen atoms in total. The van der Waals surface area contributed by atoms with Gasteiger partial charge in [-0.15, -0.1) is 0 Å². The van der Waals surface area contributed by atoms with E-state index in [4.69, 9.17) is 5.73 Å². The average molecular weight is 218 g/mol. The van der Waals surface area contributed by atoms with Crippen LogP contribution in [0.3, 0.4) is 0 Å². The van der Waals surface area contributed by atoms with Crippen LogP contribution in [-0.2, 0) is 9.59 Å². The molecule has 0 fully saturated rings. The van der Waals surface area contributed by atoms with E-state index in [1.54, 1.807) is 0 Å². The molecule has 4 heteroatoms. The predicted molar refractivity (Wildman–Crippen MR) is 62.9 cm³/mol. The molecule has 1 rings (SSSR count). The number of carbonyl (C=O) groups is 2. The summed E-state index contributed by atoms with van der Waals surface area (Å²) in [5, 5.41) is 2.65. The highest BCUT2D eigenvalue weighted by Gasteiger charge is 1.99. The zero-order chi connectivity index (χ0) is 12.1. The minimum atomic E-state index is -0.643. The summed E-state index contributed by atoms with van der Waals surface area (Å²) in [7, 11) is 0. The third-order valence-electron chi connectivity index (χ3n) is 1.89. The Morgan fingerprint density at radius 3 is 2.19 bits per heavy atom. The molecule has 0 bridgehead atoms. The van der Waals surface area contributed by atoms with Gasteiger partial charge in [-0.1, -0.05) is 6.07 Å². The SMILES string of the molecule is Cc1cc(C)cc(NC(=O)/C=C\C(N)=O)c1. The van der Waals surface area contributed by atoms with Gasteiger partial charge in [0, 0.05) is 17.8 Å². The lowest BCUT2D eigenvalue weighted by molar-refractivity contribution is -0.115. The lowest BCUT2D eigenvalue weighted by Gasteiger charge is -2.04. The van der Waals surface area contributed by atoms with E-state index in [1.165, 1.54) is 0 Å². The molecule has 1 aromatic carbocycles. The van der Waals surface area contributed by atoms with Gasteiger partial charge >= 0.3 is 0 Å². The predicted octanol–water partition coefficient (Wildman–Crippen LogP) is 1.28. The van der Waals surface area contributed by atoms with Gasteiger partial charge in [-0.05, 0) is 37.1 Å². The average Bonchev–Trinajstić information content (AvgIpc) is 2.12. The van der Waals surface area contributed by atoms with Crippen molar-refractivity contribution in [3.8, 4) is 0 Å². The molecular weight excluding hydrogens is 204 g/mol. The highest BCUT2D eigenvalue weighted by molar-refractivity contribution is 6.03. The maximum absolute atomic E-state index is 11.3. The number of rotatable bonds is 3. The van der Waals surface area contributed by atoms with Crippen molar-refractivity contribution in [2.75, 3.05) is 5.32 Å². The molecule has 0 saturated heterocycles. The topological polar surface area (TPSA) is 72.2 Å². The number of amides is 2. The van der Waals surface area contributed by atoms with Crippen LogP contribution in [0.4, 0.5) is 5.69 Å². The smallest absolute Gasteiger partial charge is 0.248 e. The first-order chi connectivity index (χ1) is 7.47. The summed E-state index contributed by atoms with van der Waals surface area (Å²) in [5.41, 5.74) is 7.71. The standard InChI is InChI=1S/C12H14N2O2/c1-8-5-9(2)7-10(6-8)14-12(16)4-3-11(13)15/h3-7H,1-2H3,(H2,13,15)(H,14,16)/b4-3-. The largest absolute Gasteiger partial charge is 0.366 e. The Hall–Kier alpha value is -2.10. The van der Waals surface area contributed by atoms with Crippen LogP contribution in [-0.4, -0.2) is 11.8 Å². The van der Waals surface area contributed by atoms with E-state index < -0.39 is 5.91 Å². The minimum Gasteiger partial charge on any atom is -0.366 e. The van der Waals surface area contributed by atoms with E-state index >= 15 is 0 Å². The van der Waals surface area contributed by atoms with E-state index in [0.29, 0.717) is 5.69 Å². The number of carbonyl (C=O) groups excluding carboxylic acids is 2. The van der Waals surface area contributed by atoms with E-state index in [9.17, 15) is 9.59 Å². The number of nitrogens with one attached hydrogen (secondary N) is 1. The normalized spacial score (nSPS) is 10.4. The van der Waals surface area contributed by atoms with Gasteiger partial charge in [0.15, 0.2) is 0 Å². The number of hydrogen-bond donors (Lipinski definition) is 2. The van der Waals surface area contributed by atoms with Crippen LogP contribution in [0, 0.1) is 13.8 Å². The number of benzene rings is 1. The van der Waals surface area contributed by atoms with Gasteiger partial charge in [0.2, 0.25) is 11.8 Å². The quantitative estimate of drug-likeness (QED) is 0.750. The van der Waals surface area contributed by atoms with Crippen molar-refractivity contribution in [3.05, 3.63) is 41.5 Å². The Labute approximate surface area is 94.1 Å². The summed E-state index contributed by atoms with van der Waals surface area (Å²) in [6, 6.07) is 5.71. The van der Waals surface area contributed by atoms with Gasteiger partial charge in [0.05, 0.1) is 0 Å². The molecule has 2 amide bonds. The molecule has 84 valence electrons. The summed E-state index contributed by atoms with van der Waals surface area (Å²) >= 11 is 0. The van der Waals surface area contributed by atoms with Gasteiger partial charge in [-0.2, -0.15) is 0 Å². The summed E-state index contributed by atoms with van der Waals surface area (Å²) in [5.74, 6) is -1.01. The zero-order valence-electron chi connectivity index (χ0n) is 9.28. The fourth-order valence-electron chi connectivity index (χ4n) is 1.39. The lowest BCUT2D eigenvalue weighted by atomic mass is 10.1. The highest BCUT2D eigenvalue weighted by Crippen LogP contribution is 2.13. The van der Waals surface area contributed by atoms with Crippen LogP contribution in [0.5, 0.6) is 0 Å². The molecule has 3 N–H and O–H groups in total. The summed E-state index contributed by atoms with van der Waals surface area (Å²) < 4.78 is 0. The molecule has 0 aliphatic carbocycles. The molecule has 0 saturated carbocycles. The Bertz CT molecular complexity index is 430. The Kier molecular flexibility index (Phi) is 3.83. The maximum Gasteiger partial charge on any atom is 0.248 e. The molecule has 0 spiro atoms. The van der Waals surface area contributed by atoms with Crippen LogP contribution in [0.25, 0.3) is 0 Å². The van der Waals surface area contributed by atoms with Crippen LogP contribution in [0.2, 0.25) is 0 Å². The summed E-state index contributed by atoms with van der Waals surface area (Å²) in [4.78, 5) is 21.8. The fraction of sp³-hybridized carbons (Fsp3) is 0.167. The molecule has 1 aromatic rings. The molecule has 0 atom stereocenters. The molecule has 0 unspecified atom stereocenters. The van der Waals surface area contributed by atoms with E-state index in [1.807, 2.05) is 32.0 Å². The number of aryl methyl sites for hydroxylation is 2. The minimum absolute atomic E-state index is 0.371. The van der Waals surface area contributed by atoms with Crippen LogP contribution in [0.15, 0.2) is 30.4 Å². The Balaban J connectivity index is 2.73. The second-order valence-electron chi connectivity index (χ2n) is 3.60. The van der Waals surface area contributed by atoms with E-state index in [2.05, 4.69) is 5.32 Å². The van der Waals surface area contributed by atoms with Crippen LogP contribution < -0.4 is 11.1 Å². The molecular formula is C12H14N2O2. The number of nitrogens with two attached hydrogens (primary N) is 1. The highest BCUT2D eigenvalue weighted by atomic mass is 16.2. The van der Waals surface area contributed by atoms with Crippen molar-refractivity contribution in [1.82, 2.24) is 0 Å². The molecule has 0 radical (unpaired) electrons. The van der Waals surface area contributed by atoms with Crippen molar-refractivity contribution >= 4 is 17.5 Å². The van der Waals surface area contributed by atoms with Gasteiger partial charge in [-0.25, -0.2) is 0 Å². The first-order valence-electron chi connectivity index (χ1n) is 4.84. The van der Waals surface area contributed by atoms with E-state index in [-0.39, 0.29) is 5.91 Å². The van der Waals surface area contributed by atoms with Crippen LogP contribution >= 0.6 is 0 Å². The third kappa shape index (κ3) is 3.96. The monoisotopic (exact) mass is 218 g/mol. The molecule has 0 heterocycles. The Morgan fingerprint density at radius 1 is 1.12 bits per heavy atom. The van der Waals surface area contributed by atoms with Gasteiger partial charge < -0.3 is 11.1 Å². The number of primary amides is 1. The molecule has 0 aliphatic heterocycles. The molecule has 0 aromatic heterocycles. The first-order valence-corrected chi connectivity index (χ1v) is 4.84. The zero-order valence-corrected chi connectivity index (χ0v) is 9.28. The van der Waals surface area contributed by atoms with Crippen molar-refractivity contribution in [2.24, 2.45) is 5.73 Å². The third-order valence-corrected chi connectivity index (χ3v) is 1.89. The van der Waals surface area contributed by atoms with Crippen molar-refractivity contribution in [1.29, 1.82) is 0 Å². The van der Waals surface area contributed by atoms with Crippen molar-refractivity contribution in [3.63, 3.8) is 0 Å². The maximum atomic E-state index is 11.3. The van der Waals surface area contributed by atoms with Gasteiger partial charge in [-0.3, -0.25) is 9.59 Å². The fourth-order valence-corrected chi connectivity index (χ4v) is 1.39. The summed E-state index contributed by atoms with van der Waals surface area (Å²) in [6.07, 6.45) is 2.14.